The van der Waals surface area contributed by atoms with Gasteiger partial charge in [0, 0.05) is 26.5 Å². The molecular formula is C13H18ClN3O2S. The van der Waals surface area contributed by atoms with Gasteiger partial charge in [-0.15, -0.1) is 0 Å². The fourth-order valence-electron chi connectivity index (χ4n) is 1.94. The molecule has 0 saturated heterocycles. The van der Waals surface area contributed by atoms with E-state index in [0.717, 1.165) is 37.2 Å². The molecule has 0 spiro atoms. The topological polar surface area (TPSA) is 52.1 Å². The molecule has 0 aliphatic rings. The number of fused-ring (bicyclic) bond motifs is 1. The van der Waals surface area contributed by atoms with E-state index in [4.69, 9.17) is 33.3 Å². The van der Waals surface area contributed by atoms with Crippen molar-refractivity contribution in [3.05, 3.63) is 22.1 Å². The van der Waals surface area contributed by atoms with E-state index in [2.05, 4.69) is 9.97 Å². The Morgan fingerprint density at radius 1 is 1.35 bits per heavy atom. The van der Waals surface area contributed by atoms with Gasteiger partial charge in [-0.3, -0.25) is 0 Å². The Labute approximate surface area is 127 Å². The SMILES string of the molecule is COCCOCCCCn1c(=S)[nH]c2cc(Cl)cnc21. The van der Waals surface area contributed by atoms with Crippen LogP contribution in [0.15, 0.2) is 12.3 Å². The maximum Gasteiger partial charge on any atom is 0.179 e. The summed E-state index contributed by atoms with van der Waals surface area (Å²) >= 11 is 11.2. The second-order valence-electron chi connectivity index (χ2n) is 4.42. The van der Waals surface area contributed by atoms with Crippen molar-refractivity contribution >= 4 is 35.0 Å². The molecule has 0 aliphatic heterocycles. The number of hydrogen-bond acceptors (Lipinski definition) is 4. The number of methoxy groups -OCH3 is 1. The van der Waals surface area contributed by atoms with Gasteiger partial charge >= 0.3 is 0 Å². The van der Waals surface area contributed by atoms with Crippen LogP contribution < -0.4 is 0 Å². The average Bonchev–Trinajstić information content (AvgIpc) is 2.73. The maximum absolute atomic E-state index is 5.91. The molecule has 0 aromatic carbocycles. The number of aromatic amines is 1. The van der Waals surface area contributed by atoms with Gasteiger partial charge in [0.1, 0.15) is 0 Å². The second-order valence-corrected chi connectivity index (χ2v) is 5.24. The number of unbranched alkanes of at least 4 members (excludes halogenated alkanes) is 1. The van der Waals surface area contributed by atoms with Crippen LogP contribution in [0.1, 0.15) is 12.8 Å². The van der Waals surface area contributed by atoms with E-state index in [0.29, 0.717) is 23.0 Å². The number of H-pyrrole nitrogens is 1. The molecule has 7 heteroatoms. The lowest BCUT2D eigenvalue weighted by Gasteiger charge is -2.05. The van der Waals surface area contributed by atoms with Gasteiger partial charge in [0.15, 0.2) is 10.4 Å². The zero-order chi connectivity index (χ0) is 14.4. The summed E-state index contributed by atoms with van der Waals surface area (Å²) in [5.74, 6) is 0. The molecule has 0 amide bonds. The maximum atomic E-state index is 5.91. The van der Waals surface area contributed by atoms with Crippen LogP contribution >= 0.6 is 23.8 Å². The molecule has 2 aromatic heterocycles. The Morgan fingerprint density at radius 2 is 2.20 bits per heavy atom. The number of aromatic nitrogens is 3. The van der Waals surface area contributed by atoms with Gasteiger partial charge in [-0.2, -0.15) is 0 Å². The highest BCUT2D eigenvalue weighted by molar-refractivity contribution is 7.71. The lowest BCUT2D eigenvalue weighted by atomic mass is 10.3. The van der Waals surface area contributed by atoms with Gasteiger partial charge in [-0.05, 0) is 31.1 Å². The van der Waals surface area contributed by atoms with E-state index in [1.807, 2.05) is 10.6 Å². The third-order valence-electron chi connectivity index (χ3n) is 2.93. The lowest BCUT2D eigenvalue weighted by molar-refractivity contribution is 0.0684. The van der Waals surface area contributed by atoms with E-state index < -0.39 is 0 Å². The van der Waals surface area contributed by atoms with Gasteiger partial charge in [0.05, 0.1) is 23.8 Å². The number of pyridine rings is 1. The monoisotopic (exact) mass is 315 g/mol. The average molecular weight is 316 g/mol. The number of nitrogens with one attached hydrogen (secondary N) is 1. The van der Waals surface area contributed by atoms with E-state index >= 15 is 0 Å². The summed E-state index contributed by atoms with van der Waals surface area (Å²) in [6.07, 6.45) is 3.60. The summed E-state index contributed by atoms with van der Waals surface area (Å²) in [6, 6.07) is 1.84. The van der Waals surface area contributed by atoms with E-state index in [-0.39, 0.29) is 0 Å². The number of nitrogens with zero attached hydrogens (tertiary/aromatic N) is 2. The van der Waals surface area contributed by atoms with Gasteiger partial charge in [-0.1, -0.05) is 11.6 Å². The molecule has 0 atom stereocenters. The van der Waals surface area contributed by atoms with Crippen molar-refractivity contribution < 1.29 is 9.47 Å². The molecule has 0 saturated carbocycles. The molecule has 5 nitrogen and oxygen atoms in total. The fraction of sp³-hybridized carbons (Fsp3) is 0.538. The molecule has 0 unspecified atom stereocenters. The predicted octanol–water partition coefficient (Wildman–Crippen LogP) is 3.19. The first-order valence-electron chi connectivity index (χ1n) is 6.53. The lowest BCUT2D eigenvalue weighted by Crippen LogP contribution is -2.05. The van der Waals surface area contributed by atoms with Crippen LogP contribution in [0.2, 0.25) is 5.02 Å². The molecule has 1 N–H and O–H groups in total. The zero-order valence-electron chi connectivity index (χ0n) is 11.4. The quantitative estimate of drug-likeness (QED) is 0.600. The minimum absolute atomic E-state index is 0.604. The standard InChI is InChI=1S/C13H18ClN3O2S/c1-18-6-7-19-5-3-2-4-17-12-11(16-13(17)20)8-10(14)9-15-12/h8-9H,2-7H2,1H3,(H,16,20). The van der Waals surface area contributed by atoms with Gasteiger partial charge < -0.3 is 19.0 Å². The first-order chi connectivity index (χ1) is 9.72. The Balaban J connectivity index is 1.87. The Bertz CT molecular complexity index is 611. The van der Waals surface area contributed by atoms with Crippen molar-refractivity contribution in [2.45, 2.75) is 19.4 Å². The number of ether oxygens (including phenoxy) is 2. The van der Waals surface area contributed by atoms with Crippen LogP contribution in [0.5, 0.6) is 0 Å². The molecule has 0 bridgehead atoms. The predicted molar refractivity (Wildman–Crippen MR) is 81.9 cm³/mol. The third-order valence-corrected chi connectivity index (χ3v) is 3.46. The highest BCUT2D eigenvalue weighted by atomic mass is 35.5. The third kappa shape index (κ3) is 4.02. The van der Waals surface area contributed by atoms with Crippen molar-refractivity contribution in [1.82, 2.24) is 14.5 Å². The first-order valence-corrected chi connectivity index (χ1v) is 7.31. The molecule has 2 aromatic rings. The summed E-state index contributed by atoms with van der Waals surface area (Å²) in [5.41, 5.74) is 1.72. The molecule has 20 heavy (non-hydrogen) atoms. The summed E-state index contributed by atoms with van der Waals surface area (Å²) < 4.78 is 13.0. The summed E-state index contributed by atoms with van der Waals surface area (Å²) in [5, 5.41) is 0.604. The van der Waals surface area contributed by atoms with E-state index in [1.165, 1.54) is 0 Å². The van der Waals surface area contributed by atoms with E-state index in [9.17, 15) is 0 Å². The number of imidazole rings is 1. The van der Waals surface area contributed by atoms with Crippen LogP contribution in [0, 0.1) is 4.77 Å². The van der Waals surface area contributed by atoms with E-state index in [1.54, 1.807) is 13.3 Å². The van der Waals surface area contributed by atoms with Crippen LogP contribution in [-0.4, -0.2) is 41.5 Å². The van der Waals surface area contributed by atoms with Crippen LogP contribution in [-0.2, 0) is 16.0 Å². The van der Waals surface area contributed by atoms with Crippen molar-refractivity contribution in [3.8, 4) is 0 Å². The zero-order valence-corrected chi connectivity index (χ0v) is 13.0. The Hall–Kier alpha value is -0.950. The largest absolute Gasteiger partial charge is 0.382 e. The molecular weight excluding hydrogens is 298 g/mol. The molecule has 0 aliphatic carbocycles. The van der Waals surface area contributed by atoms with Crippen LogP contribution in [0.3, 0.4) is 0 Å². The molecule has 2 heterocycles. The van der Waals surface area contributed by atoms with Crippen LogP contribution in [0.25, 0.3) is 11.2 Å². The molecule has 0 fully saturated rings. The van der Waals surface area contributed by atoms with Crippen molar-refractivity contribution in [2.24, 2.45) is 0 Å². The highest BCUT2D eigenvalue weighted by Gasteiger charge is 2.05. The van der Waals surface area contributed by atoms with Gasteiger partial charge in [0.2, 0.25) is 0 Å². The highest BCUT2D eigenvalue weighted by Crippen LogP contribution is 2.16. The number of hydrogen-bond donors (Lipinski definition) is 1. The van der Waals surface area contributed by atoms with Crippen molar-refractivity contribution in [1.29, 1.82) is 0 Å². The summed E-state index contributed by atoms with van der Waals surface area (Å²) in [6.45, 7) is 2.83. The number of halogens is 1. The minimum atomic E-state index is 0.604. The fourth-order valence-corrected chi connectivity index (χ4v) is 2.39. The minimum Gasteiger partial charge on any atom is -0.382 e. The van der Waals surface area contributed by atoms with Gasteiger partial charge in [0.25, 0.3) is 0 Å². The molecule has 2 rings (SSSR count). The summed E-state index contributed by atoms with van der Waals surface area (Å²) in [4.78, 5) is 7.45. The first kappa shape index (κ1) is 15.4. The smallest absolute Gasteiger partial charge is 0.179 e. The van der Waals surface area contributed by atoms with Crippen molar-refractivity contribution in [2.75, 3.05) is 26.9 Å². The number of rotatable bonds is 8. The van der Waals surface area contributed by atoms with Crippen LogP contribution in [0.4, 0.5) is 0 Å². The normalized spacial score (nSPS) is 11.3. The Kier molecular flexibility index (Phi) is 5.97. The molecule has 0 radical (unpaired) electrons. The second kappa shape index (κ2) is 7.73. The Morgan fingerprint density at radius 3 is 3.00 bits per heavy atom. The summed E-state index contributed by atoms with van der Waals surface area (Å²) in [7, 11) is 1.67. The van der Waals surface area contributed by atoms with Crippen molar-refractivity contribution in [3.63, 3.8) is 0 Å². The molecule has 110 valence electrons. The van der Waals surface area contributed by atoms with Gasteiger partial charge in [-0.25, -0.2) is 4.98 Å². The number of aryl methyl sites for hydroxylation is 1.